The van der Waals surface area contributed by atoms with Crippen LogP contribution in [0.25, 0.3) is 0 Å². The number of amides is 1. The molecular formula is C12H19N3O4S. The van der Waals surface area contributed by atoms with Crippen LogP contribution in [0.4, 0.5) is 5.69 Å². The molecule has 0 bridgehead atoms. The van der Waals surface area contributed by atoms with Crippen LogP contribution in [-0.4, -0.2) is 43.4 Å². The van der Waals surface area contributed by atoms with Crippen LogP contribution in [0.5, 0.6) is 5.75 Å². The normalized spacial score (nSPS) is 11.8. The molecule has 0 fully saturated rings. The SMILES string of the molecule is CC(C)NC(=O)CN(C)S(=O)(=O)c1ccc(O)c(N)c1. The highest BCUT2D eigenvalue weighted by Crippen LogP contribution is 2.24. The number of nitrogen functional groups attached to an aromatic ring is 1. The van der Waals surface area contributed by atoms with Gasteiger partial charge in [0.1, 0.15) is 5.75 Å². The summed E-state index contributed by atoms with van der Waals surface area (Å²) in [5, 5.41) is 11.9. The van der Waals surface area contributed by atoms with Crippen LogP contribution in [0, 0.1) is 0 Å². The first-order chi connectivity index (χ1) is 9.14. The van der Waals surface area contributed by atoms with Crippen molar-refractivity contribution in [2.45, 2.75) is 24.8 Å². The highest BCUT2D eigenvalue weighted by atomic mass is 32.2. The molecular weight excluding hydrogens is 282 g/mol. The molecule has 0 aliphatic carbocycles. The number of hydrogen-bond acceptors (Lipinski definition) is 5. The zero-order chi connectivity index (χ0) is 15.5. The Morgan fingerprint density at radius 3 is 2.55 bits per heavy atom. The third-order valence-corrected chi connectivity index (χ3v) is 4.32. The molecule has 0 aliphatic rings. The van der Waals surface area contributed by atoms with Crippen LogP contribution in [-0.2, 0) is 14.8 Å². The van der Waals surface area contributed by atoms with Crippen LogP contribution >= 0.6 is 0 Å². The number of carbonyl (C=O) groups excluding carboxylic acids is 1. The molecule has 0 spiro atoms. The summed E-state index contributed by atoms with van der Waals surface area (Å²) in [4.78, 5) is 11.5. The third-order valence-electron chi connectivity index (χ3n) is 2.52. The number of carbonyl (C=O) groups is 1. The Labute approximate surface area is 118 Å². The van der Waals surface area contributed by atoms with Gasteiger partial charge in [-0.25, -0.2) is 8.42 Å². The summed E-state index contributed by atoms with van der Waals surface area (Å²) in [6.45, 7) is 3.28. The Morgan fingerprint density at radius 2 is 2.05 bits per heavy atom. The highest BCUT2D eigenvalue weighted by Gasteiger charge is 2.23. The van der Waals surface area contributed by atoms with Gasteiger partial charge in [0, 0.05) is 13.1 Å². The fourth-order valence-electron chi connectivity index (χ4n) is 1.53. The van der Waals surface area contributed by atoms with Crippen molar-refractivity contribution in [2.75, 3.05) is 19.3 Å². The Hall–Kier alpha value is -1.80. The number of benzene rings is 1. The Balaban J connectivity index is 2.92. The van der Waals surface area contributed by atoms with Crippen molar-refractivity contribution in [1.29, 1.82) is 0 Å². The number of phenols is 1. The van der Waals surface area contributed by atoms with Crippen LogP contribution in [0.15, 0.2) is 23.1 Å². The first-order valence-corrected chi connectivity index (χ1v) is 7.42. The average molecular weight is 301 g/mol. The maximum absolute atomic E-state index is 12.2. The molecule has 0 saturated carbocycles. The van der Waals surface area contributed by atoms with E-state index in [1.807, 2.05) is 0 Å². The molecule has 20 heavy (non-hydrogen) atoms. The zero-order valence-corrected chi connectivity index (χ0v) is 12.4. The predicted octanol–water partition coefficient (Wildman–Crippen LogP) is 0.120. The lowest BCUT2D eigenvalue weighted by atomic mass is 10.3. The molecule has 0 radical (unpaired) electrons. The van der Waals surface area contributed by atoms with E-state index in [9.17, 15) is 18.3 Å². The van der Waals surface area contributed by atoms with E-state index in [1.54, 1.807) is 13.8 Å². The molecule has 0 aliphatic heterocycles. The Morgan fingerprint density at radius 1 is 1.45 bits per heavy atom. The number of anilines is 1. The molecule has 4 N–H and O–H groups in total. The van der Waals surface area contributed by atoms with E-state index < -0.39 is 15.9 Å². The molecule has 0 atom stereocenters. The molecule has 0 heterocycles. The molecule has 112 valence electrons. The highest BCUT2D eigenvalue weighted by molar-refractivity contribution is 7.89. The summed E-state index contributed by atoms with van der Waals surface area (Å²) in [5.41, 5.74) is 5.44. The van der Waals surface area contributed by atoms with E-state index in [0.29, 0.717) is 0 Å². The lowest BCUT2D eigenvalue weighted by molar-refractivity contribution is -0.121. The molecule has 0 unspecified atom stereocenters. The van der Waals surface area contributed by atoms with Crippen molar-refractivity contribution in [2.24, 2.45) is 0 Å². The summed E-state index contributed by atoms with van der Waals surface area (Å²) < 4.78 is 25.4. The van der Waals surface area contributed by atoms with Crippen LogP contribution in [0.3, 0.4) is 0 Å². The van der Waals surface area contributed by atoms with Crippen molar-refractivity contribution in [3.63, 3.8) is 0 Å². The lowest BCUT2D eigenvalue weighted by Gasteiger charge is -2.18. The number of hydrogen-bond donors (Lipinski definition) is 3. The topological polar surface area (TPSA) is 113 Å². The molecule has 0 aromatic heterocycles. The van der Waals surface area contributed by atoms with Gasteiger partial charge >= 0.3 is 0 Å². The van der Waals surface area contributed by atoms with Crippen LogP contribution < -0.4 is 11.1 Å². The number of nitrogens with two attached hydrogens (primary N) is 1. The van der Waals surface area contributed by atoms with Gasteiger partial charge < -0.3 is 16.2 Å². The Bertz CT molecular complexity index is 599. The number of nitrogens with zero attached hydrogens (tertiary/aromatic N) is 1. The van der Waals surface area contributed by atoms with E-state index in [0.717, 1.165) is 10.4 Å². The smallest absolute Gasteiger partial charge is 0.243 e. The maximum atomic E-state index is 12.2. The van der Waals surface area contributed by atoms with Gasteiger partial charge in [-0.3, -0.25) is 4.79 Å². The average Bonchev–Trinajstić information content (AvgIpc) is 2.31. The summed E-state index contributed by atoms with van der Waals surface area (Å²) in [6, 6.07) is 3.52. The van der Waals surface area contributed by atoms with Gasteiger partial charge in [0.15, 0.2) is 0 Å². The second-order valence-corrected chi connectivity index (χ2v) is 6.75. The summed E-state index contributed by atoms with van der Waals surface area (Å²) in [7, 11) is -2.52. The summed E-state index contributed by atoms with van der Waals surface area (Å²) >= 11 is 0. The second-order valence-electron chi connectivity index (χ2n) is 4.70. The Kier molecular flexibility index (Phi) is 4.96. The quantitative estimate of drug-likeness (QED) is 0.528. The minimum Gasteiger partial charge on any atom is -0.506 e. The summed E-state index contributed by atoms with van der Waals surface area (Å²) in [5.74, 6) is -0.582. The molecule has 1 amide bonds. The number of sulfonamides is 1. The molecule has 1 rings (SSSR count). The summed E-state index contributed by atoms with van der Waals surface area (Å²) in [6.07, 6.45) is 0. The third kappa shape index (κ3) is 3.84. The fourth-order valence-corrected chi connectivity index (χ4v) is 2.69. The molecule has 0 saturated heterocycles. The van der Waals surface area contributed by atoms with E-state index in [2.05, 4.69) is 5.32 Å². The molecule has 1 aromatic carbocycles. The molecule has 8 heteroatoms. The first-order valence-electron chi connectivity index (χ1n) is 5.98. The standard InChI is InChI=1S/C12H19N3O4S/c1-8(2)14-12(17)7-15(3)20(18,19)9-4-5-11(16)10(13)6-9/h4-6,8,16H,7,13H2,1-3H3,(H,14,17). The number of phenolic OH excluding ortho intramolecular Hbond substituents is 1. The predicted molar refractivity (Wildman–Crippen MR) is 75.6 cm³/mol. The van der Waals surface area contributed by atoms with Gasteiger partial charge in [0.2, 0.25) is 15.9 Å². The monoisotopic (exact) mass is 301 g/mol. The minimum absolute atomic E-state index is 0.0360. The van der Waals surface area contributed by atoms with Crippen LogP contribution in [0.1, 0.15) is 13.8 Å². The van der Waals surface area contributed by atoms with Crippen molar-refractivity contribution in [3.05, 3.63) is 18.2 Å². The molecule has 1 aromatic rings. The number of rotatable bonds is 5. The lowest BCUT2D eigenvalue weighted by Crippen LogP contribution is -2.40. The van der Waals surface area contributed by atoms with Crippen LogP contribution in [0.2, 0.25) is 0 Å². The van der Waals surface area contributed by atoms with E-state index in [4.69, 9.17) is 5.73 Å². The largest absolute Gasteiger partial charge is 0.506 e. The van der Waals surface area contributed by atoms with Gasteiger partial charge in [-0.1, -0.05) is 0 Å². The van der Waals surface area contributed by atoms with Crippen molar-refractivity contribution in [1.82, 2.24) is 9.62 Å². The fraction of sp³-hybridized carbons (Fsp3) is 0.417. The number of aromatic hydroxyl groups is 1. The van der Waals surface area contributed by atoms with E-state index in [1.165, 1.54) is 19.2 Å². The van der Waals surface area contributed by atoms with Crippen molar-refractivity contribution < 1.29 is 18.3 Å². The van der Waals surface area contributed by atoms with Gasteiger partial charge in [0.05, 0.1) is 17.1 Å². The van der Waals surface area contributed by atoms with Gasteiger partial charge in [-0.15, -0.1) is 0 Å². The van der Waals surface area contributed by atoms with E-state index in [-0.39, 0.29) is 28.9 Å². The number of likely N-dealkylation sites (N-methyl/N-ethyl adjacent to an activating group) is 1. The molecule has 7 nitrogen and oxygen atoms in total. The van der Waals surface area contributed by atoms with Gasteiger partial charge in [0.25, 0.3) is 0 Å². The van der Waals surface area contributed by atoms with Gasteiger partial charge in [-0.05, 0) is 32.0 Å². The maximum Gasteiger partial charge on any atom is 0.243 e. The second kappa shape index (κ2) is 6.10. The number of nitrogens with one attached hydrogen (secondary N) is 1. The van der Waals surface area contributed by atoms with E-state index >= 15 is 0 Å². The van der Waals surface area contributed by atoms with Crippen molar-refractivity contribution in [3.8, 4) is 5.75 Å². The zero-order valence-electron chi connectivity index (χ0n) is 11.6. The minimum atomic E-state index is -3.83. The van der Waals surface area contributed by atoms with Gasteiger partial charge in [-0.2, -0.15) is 4.31 Å². The van der Waals surface area contributed by atoms with Crippen molar-refractivity contribution >= 4 is 21.6 Å². The first kappa shape index (κ1) is 16.3.